The van der Waals surface area contributed by atoms with Crippen LogP contribution in [-0.4, -0.2) is 66.8 Å². The van der Waals surface area contributed by atoms with E-state index in [2.05, 4.69) is 10.6 Å². The highest BCUT2D eigenvalue weighted by Gasteiger charge is 2.49. The molecule has 1 saturated carbocycles. The summed E-state index contributed by atoms with van der Waals surface area (Å²) in [6, 6.07) is 6.33. The van der Waals surface area contributed by atoms with Crippen molar-refractivity contribution in [2.45, 2.75) is 31.3 Å². The highest BCUT2D eigenvalue weighted by Crippen LogP contribution is 2.30. The Morgan fingerprint density at radius 1 is 1.29 bits per heavy atom. The minimum absolute atomic E-state index is 0.116. The molecule has 1 aromatic carbocycles. The van der Waals surface area contributed by atoms with Crippen molar-refractivity contribution in [1.82, 2.24) is 20.4 Å². The summed E-state index contributed by atoms with van der Waals surface area (Å²) >= 11 is 0. The Balaban J connectivity index is 1.65. The number of likely N-dealkylation sites (N-methyl/N-ethyl adjacent to an activating group) is 1. The van der Waals surface area contributed by atoms with E-state index in [0.29, 0.717) is 11.3 Å². The van der Waals surface area contributed by atoms with Crippen molar-refractivity contribution in [3.8, 4) is 5.75 Å². The lowest BCUT2D eigenvalue weighted by atomic mass is 9.92. The molecule has 1 atom stereocenters. The van der Waals surface area contributed by atoms with E-state index in [-0.39, 0.29) is 18.5 Å². The van der Waals surface area contributed by atoms with E-state index >= 15 is 0 Å². The first-order valence-electron chi connectivity index (χ1n) is 9.06. The molecule has 5 amide bonds. The largest absolute Gasteiger partial charge is 0.497 e. The average Bonchev–Trinajstić information content (AvgIpc) is 3.45. The molecule has 0 unspecified atom stereocenters. The molecule has 9 nitrogen and oxygen atoms in total. The summed E-state index contributed by atoms with van der Waals surface area (Å²) in [7, 11) is 3.00. The molecule has 1 saturated heterocycles. The number of methoxy groups -OCH3 is 1. The number of nitrogens with one attached hydrogen (secondary N) is 2. The van der Waals surface area contributed by atoms with Crippen molar-refractivity contribution in [2.75, 3.05) is 27.2 Å². The Bertz CT molecular complexity index is 805. The lowest BCUT2D eigenvalue weighted by Gasteiger charge is -2.23. The van der Waals surface area contributed by atoms with Gasteiger partial charge in [-0.25, -0.2) is 4.79 Å². The van der Waals surface area contributed by atoms with Crippen molar-refractivity contribution in [1.29, 1.82) is 0 Å². The second-order valence-corrected chi connectivity index (χ2v) is 7.27. The number of hydrogen-bond acceptors (Lipinski definition) is 5. The third-order valence-electron chi connectivity index (χ3n) is 4.98. The number of carbonyl (C=O) groups excluding carboxylic acids is 4. The Morgan fingerprint density at radius 2 is 1.93 bits per heavy atom. The van der Waals surface area contributed by atoms with Crippen molar-refractivity contribution in [3.63, 3.8) is 0 Å². The fourth-order valence-corrected chi connectivity index (χ4v) is 3.02. The molecule has 9 heteroatoms. The van der Waals surface area contributed by atoms with Crippen molar-refractivity contribution in [2.24, 2.45) is 0 Å². The molecule has 2 N–H and O–H groups in total. The normalized spacial score (nSPS) is 21.3. The van der Waals surface area contributed by atoms with Crippen LogP contribution in [0.1, 0.15) is 25.3 Å². The zero-order chi connectivity index (χ0) is 20.5. The number of hydrogen-bond donors (Lipinski definition) is 2. The summed E-state index contributed by atoms with van der Waals surface area (Å²) in [6.07, 6.45) is 1.91. The van der Waals surface area contributed by atoms with Gasteiger partial charge in [-0.15, -0.1) is 0 Å². The first-order valence-corrected chi connectivity index (χ1v) is 9.06. The maximum absolute atomic E-state index is 12.9. The Kier molecular flexibility index (Phi) is 5.26. The minimum atomic E-state index is -1.27. The van der Waals surface area contributed by atoms with Gasteiger partial charge >= 0.3 is 6.03 Å². The smallest absolute Gasteiger partial charge is 0.325 e. The summed E-state index contributed by atoms with van der Waals surface area (Å²) in [5, 5.41) is 5.44. The molecule has 0 bridgehead atoms. The van der Waals surface area contributed by atoms with Gasteiger partial charge in [0, 0.05) is 13.1 Å². The predicted molar refractivity (Wildman–Crippen MR) is 99.4 cm³/mol. The van der Waals surface area contributed by atoms with Gasteiger partial charge in [0.25, 0.3) is 5.91 Å². The van der Waals surface area contributed by atoms with Crippen LogP contribution in [0.15, 0.2) is 24.3 Å². The van der Waals surface area contributed by atoms with E-state index in [9.17, 15) is 19.2 Å². The molecule has 0 radical (unpaired) electrons. The number of rotatable bonds is 7. The predicted octanol–water partition coefficient (Wildman–Crippen LogP) is 0.199. The topological polar surface area (TPSA) is 108 Å². The number of urea groups is 1. The van der Waals surface area contributed by atoms with Crippen molar-refractivity contribution < 1.29 is 23.9 Å². The zero-order valence-corrected chi connectivity index (χ0v) is 16.2. The first-order chi connectivity index (χ1) is 13.2. The highest BCUT2D eigenvalue weighted by molar-refractivity contribution is 6.09. The molecular formula is C19H24N4O5. The molecule has 150 valence electrons. The van der Waals surface area contributed by atoms with E-state index in [4.69, 9.17) is 4.74 Å². The van der Waals surface area contributed by atoms with Gasteiger partial charge in [0.05, 0.1) is 13.7 Å². The molecule has 1 aromatic rings. The van der Waals surface area contributed by atoms with E-state index in [1.54, 1.807) is 31.2 Å². The molecular weight excluding hydrogens is 364 g/mol. The van der Waals surface area contributed by atoms with Crippen LogP contribution in [0.25, 0.3) is 0 Å². The van der Waals surface area contributed by atoms with E-state index in [1.165, 1.54) is 19.1 Å². The van der Waals surface area contributed by atoms with Gasteiger partial charge in [0.2, 0.25) is 11.8 Å². The Morgan fingerprint density at radius 3 is 2.50 bits per heavy atom. The van der Waals surface area contributed by atoms with Crippen LogP contribution in [0.2, 0.25) is 0 Å². The van der Waals surface area contributed by atoms with Gasteiger partial charge < -0.3 is 20.3 Å². The van der Waals surface area contributed by atoms with Gasteiger partial charge in [-0.3, -0.25) is 19.3 Å². The molecule has 0 spiro atoms. The van der Waals surface area contributed by atoms with Crippen LogP contribution in [0.5, 0.6) is 5.75 Å². The lowest BCUT2D eigenvalue weighted by molar-refractivity contribution is -0.139. The lowest BCUT2D eigenvalue weighted by Crippen LogP contribution is -2.46. The summed E-state index contributed by atoms with van der Waals surface area (Å²) in [5.41, 5.74) is -0.690. The zero-order valence-electron chi connectivity index (χ0n) is 16.2. The molecule has 1 heterocycles. The fraction of sp³-hybridized carbons (Fsp3) is 0.474. The van der Waals surface area contributed by atoms with Gasteiger partial charge in [-0.1, -0.05) is 12.1 Å². The maximum atomic E-state index is 12.9. The molecule has 1 aliphatic carbocycles. The summed E-state index contributed by atoms with van der Waals surface area (Å²) in [5.74, 6) is -0.638. The van der Waals surface area contributed by atoms with Gasteiger partial charge in [0.15, 0.2) is 0 Å². The first kappa shape index (κ1) is 19.7. The summed E-state index contributed by atoms with van der Waals surface area (Å²) < 4.78 is 5.11. The van der Waals surface area contributed by atoms with Crippen molar-refractivity contribution in [3.05, 3.63) is 29.8 Å². The molecule has 1 aliphatic heterocycles. The number of amides is 5. The van der Waals surface area contributed by atoms with E-state index in [1.807, 2.05) is 0 Å². The molecule has 28 heavy (non-hydrogen) atoms. The van der Waals surface area contributed by atoms with Crippen LogP contribution in [-0.2, 0) is 19.9 Å². The van der Waals surface area contributed by atoms with Gasteiger partial charge in [-0.2, -0.15) is 0 Å². The van der Waals surface area contributed by atoms with Crippen LogP contribution < -0.4 is 15.4 Å². The van der Waals surface area contributed by atoms with Crippen LogP contribution in [0, 0.1) is 0 Å². The van der Waals surface area contributed by atoms with Crippen LogP contribution in [0.4, 0.5) is 4.79 Å². The number of carbonyl (C=O) groups is 4. The molecule has 3 rings (SSSR count). The minimum Gasteiger partial charge on any atom is -0.497 e. The van der Waals surface area contributed by atoms with E-state index in [0.717, 1.165) is 17.7 Å². The quantitative estimate of drug-likeness (QED) is 0.649. The third-order valence-corrected chi connectivity index (χ3v) is 4.98. The average molecular weight is 388 g/mol. The maximum Gasteiger partial charge on any atom is 0.325 e. The number of imide groups is 1. The SMILES string of the molecule is COc1ccc([C@@]2(C)NC(=O)N(CC(=O)N(C)CC(=O)NC3CC3)C2=O)cc1. The second kappa shape index (κ2) is 7.49. The van der Waals surface area contributed by atoms with E-state index < -0.39 is 29.9 Å². The monoisotopic (exact) mass is 388 g/mol. The van der Waals surface area contributed by atoms with Gasteiger partial charge in [-0.05, 0) is 37.5 Å². The highest BCUT2D eigenvalue weighted by atomic mass is 16.5. The van der Waals surface area contributed by atoms with Crippen LogP contribution in [0.3, 0.4) is 0 Å². The van der Waals surface area contributed by atoms with Gasteiger partial charge in [0.1, 0.15) is 17.8 Å². The number of nitrogens with zero attached hydrogens (tertiary/aromatic N) is 2. The number of ether oxygens (including phenoxy) is 1. The molecule has 2 fully saturated rings. The van der Waals surface area contributed by atoms with Crippen LogP contribution >= 0.6 is 0 Å². The third kappa shape index (κ3) is 3.92. The molecule has 0 aromatic heterocycles. The summed E-state index contributed by atoms with van der Waals surface area (Å²) in [4.78, 5) is 51.6. The fourth-order valence-electron chi connectivity index (χ4n) is 3.02. The molecule has 2 aliphatic rings. The van der Waals surface area contributed by atoms with Crippen molar-refractivity contribution >= 4 is 23.8 Å². The Labute approximate surface area is 163 Å². The standard InChI is InChI=1S/C19H24N4O5/c1-19(12-4-8-14(28-3)9-5-12)17(26)23(18(27)21-19)11-16(25)22(2)10-15(24)20-13-6-7-13/h4-5,8-9,13H,6-7,10-11H2,1-3H3,(H,20,24)(H,21,27)/t19-/m1/s1. The Hall–Kier alpha value is -3.10. The summed E-state index contributed by atoms with van der Waals surface area (Å²) in [6.45, 7) is 1.05. The number of benzene rings is 1. The second-order valence-electron chi connectivity index (χ2n) is 7.27.